The van der Waals surface area contributed by atoms with Gasteiger partial charge in [0.15, 0.2) is 11.9 Å². The smallest absolute Gasteiger partial charge is 0.253 e. The number of carbonyl (C=O) groups is 2. The number of morpholine rings is 1. The van der Waals surface area contributed by atoms with Crippen molar-refractivity contribution in [2.45, 2.75) is 51.6 Å². The van der Waals surface area contributed by atoms with Crippen molar-refractivity contribution in [2.24, 2.45) is 0 Å². The van der Waals surface area contributed by atoms with Crippen molar-refractivity contribution >= 4 is 11.8 Å². The third kappa shape index (κ3) is 4.56. The molecule has 0 radical (unpaired) electrons. The van der Waals surface area contributed by atoms with Crippen LogP contribution in [0.5, 0.6) is 0 Å². The van der Waals surface area contributed by atoms with Gasteiger partial charge in [0.05, 0.1) is 13.2 Å². The maximum atomic E-state index is 12.6. The molecule has 1 aromatic heterocycles. The average Bonchev–Trinajstić information content (AvgIpc) is 3.14. The maximum absolute atomic E-state index is 12.6. The van der Waals surface area contributed by atoms with Crippen LogP contribution in [0.15, 0.2) is 4.52 Å². The van der Waals surface area contributed by atoms with Crippen molar-refractivity contribution in [3.05, 3.63) is 11.7 Å². The molecule has 0 bridgehead atoms. The molecule has 0 aliphatic carbocycles. The summed E-state index contributed by atoms with van der Waals surface area (Å²) in [5.74, 6) is 1.15. The van der Waals surface area contributed by atoms with Crippen LogP contribution in [-0.4, -0.2) is 70.6 Å². The molecule has 3 rings (SSSR count). The minimum Gasteiger partial charge on any atom is -0.365 e. The van der Waals surface area contributed by atoms with Crippen LogP contribution in [-0.2, 0) is 27.2 Å². The standard InChI is InChI=1S/C17H26N4O4/c1-2-14-18-15(25-19-14)6-7-16(22)21-10-11-24-13(12-21)17(23)20-8-4-3-5-9-20/h13H,2-12H2,1H3/t13-/m1/s1. The van der Waals surface area contributed by atoms with E-state index in [2.05, 4.69) is 10.1 Å². The summed E-state index contributed by atoms with van der Waals surface area (Å²) in [5.41, 5.74) is 0. The van der Waals surface area contributed by atoms with Gasteiger partial charge in [-0.05, 0) is 19.3 Å². The highest BCUT2D eigenvalue weighted by Crippen LogP contribution is 2.15. The second-order valence-corrected chi connectivity index (χ2v) is 6.54. The van der Waals surface area contributed by atoms with Crippen molar-refractivity contribution < 1.29 is 18.8 Å². The van der Waals surface area contributed by atoms with Gasteiger partial charge in [0.2, 0.25) is 11.8 Å². The van der Waals surface area contributed by atoms with Gasteiger partial charge in [0.1, 0.15) is 0 Å². The molecule has 25 heavy (non-hydrogen) atoms. The summed E-state index contributed by atoms with van der Waals surface area (Å²) in [6, 6.07) is 0. The van der Waals surface area contributed by atoms with E-state index in [4.69, 9.17) is 9.26 Å². The van der Waals surface area contributed by atoms with E-state index in [9.17, 15) is 9.59 Å². The van der Waals surface area contributed by atoms with Crippen LogP contribution in [0.1, 0.15) is 44.3 Å². The molecule has 1 atom stereocenters. The number of nitrogens with zero attached hydrogens (tertiary/aromatic N) is 4. The number of amides is 2. The highest BCUT2D eigenvalue weighted by atomic mass is 16.5. The molecular weight excluding hydrogens is 324 g/mol. The first kappa shape index (κ1) is 17.8. The summed E-state index contributed by atoms with van der Waals surface area (Å²) >= 11 is 0. The number of rotatable bonds is 5. The summed E-state index contributed by atoms with van der Waals surface area (Å²) in [6.45, 7) is 4.79. The van der Waals surface area contributed by atoms with Gasteiger partial charge >= 0.3 is 0 Å². The minimum absolute atomic E-state index is 0.00371. The zero-order valence-corrected chi connectivity index (χ0v) is 14.8. The number of aromatic nitrogens is 2. The summed E-state index contributed by atoms with van der Waals surface area (Å²) < 4.78 is 10.7. The summed E-state index contributed by atoms with van der Waals surface area (Å²) in [5, 5.41) is 3.83. The first-order chi connectivity index (χ1) is 12.2. The lowest BCUT2D eigenvalue weighted by molar-refractivity contribution is -0.155. The second-order valence-electron chi connectivity index (χ2n) is 6.54. The largest absolute Gasteiger partial charge is 0.365 e. The van der Waals surface area contributed by atoms with Crippen molar-refractivity contribution in [3.8, 4) is 0 Å². The van der Waals surface area contributed by atoms with Crippen molar-refractivity contribution in [1.29, 1.82) is 0 Å². The van der Waals surface area contributed by atoms with E-state index in [1.807, 2.05) is 11.8 Å². The Morgan fingerprint density at radius 3 is 2.68 bits per heavy atom. The van der Waals surface area contributed by atoms with Gasteiger partial charge < -0.3 is 19.1 Å². The fourth-order valence-corrected chi connectivity index (χ4v) is 3.25. The fourth-order valence-electron chi connectivity index (χ4n) is 3.25. The Morgan fingerprint density at radius 1 is 1.16 bits per heavy atom. The highest BCUT2D eigenvalue weighted by Gasteiger charge is 2.32. The van der Waals surface area contributed by atoms with Gasteiger partial charge in [-0.25, -0.2) is 0 Å². The van der Waals surface area contributed by atoms with Gasteiger partial charge in [-0.2, -0.15) is 4.98 Å². The third-order valence-electron chi connectivity index (χ3n) is 4.74. The Bertz CT molecular complexity index is 597. The molecule has 0 spiro atoms. The van der Waals surface area contributed by atoms with E-state index >= 15 is 0 Å². The molecule has 8 heteroatoms. The van der Waals surface area contributed by atoms with Crippen LogP contribution >= 0.6 is 0 Å². The molecule has 8 nitrogen and oxygen atoms in total. The van der Waals surface area contributed by atoms with Gasteiger partial charge in [0.25, 0.3) is 5.91 Å². The van der Waals surface area contributed by atoms with Crippen LogP contribution in [0, 0.1) is 0 Å². The van der Waals surface area contributed by atoms with Crippen molar-refractivity contribution in [1.82, 2.24) is 19.9 Å². The van der Waals surface area contributed by atoms with E-state index in [1.54, 1.807) is 4.90 Å². The van der Waals surface area contributed by atoms with Gasteiger partial charge in [-0.1, -0.05) is 12.1 Å². The number of aryl methyl sites for hydroxylation is 2. The Hall–Kier alpha value is -1.96. The number of carbonyl (C=O) groups excluding carboxylic acids is 2. The zero-order chi connectivity index (χ0) is 17.6. The Morgan fingerprint density at radius 2 is 1.96 bits per heavy atom. The summed E-state index contributed by atoms with van der Waals surface area (Å²) in [6.07, 6.45) is 4.17. The molecule has 2 fully saturated rings. The van der Waals surface area contributed by atoms with Crippen LogP contribution < -0.4 is 0 Å². The fraction of sp³-hybridized carbons (Fsp3) is 0.765. The minimum atomic E-state index is -0.536. The number of likely N-dealkylation sites (tertiary alicyclic amines) is 1. The molecule has 2 aliphatic rings. The first-order valence-corrected chi connectivity index (χ1v) is 9.17. The van der Waals surface area contributed by atoms with Gasteiger partial charge in [-0.15, -0.1) is 0 Å². The topological polar surface area (TPSA) is 88.8 Å². The summed E-state index contributed by atoms with van der Waals surface area (Å²) in [4.78, 5) is 32.8. The second kappa shape index (κ2) is 8.42. The monoisotopic (exact) mass is 350 g/mol. The quantitative estimate of drug-likeness (QED) is 0.781. The van der Waals surface area contributed by atoms with E-state index < -0.39 is 6.10 Å². The number of ether oxygens (including phenoxy) is 1. The molecule has 0 saturated carbocycles. The Kier molecular flexibility index (Phi) is 6.01. The molecule has 0 unspecified atom stereocenters. The lowest BCUT2D eigenvalue weighted by Gasteiger charge is -2.36. The Balaban J connectivity index is 1.49. The molecule has 2 saturated heterocycles. The SMILES string of the molecule is CCc1noc(CCC(=O)N2CCO[C@@H](C(=O)N3CCCCC3)C2)n1. The lowest BCUT2D eigenvalue weighted by Crippen LogP contribution is -2.53. The molecule has 2 aliphatic heterocycles. The maximum Gasteiger partial charge on any atom is 0.253 e. The van der Waals surface area contributed by atoms with Crippen LogP contribution in [0.2, 0.25) is 0 Å². The lowest BCUT2D eigenvalue weighted by atomic mass is 10.1. The molecular formula is C17H26N4O4. The van der Waals surface area contributed by atoms with E-state index in [0.717, 1.165) is 25.9 Å². The van der Waals surface area contributed by atoms with Gasteiger partial charge in [0, 0.05) is 38.9 Å². The molecule has 2 amide bonds. The number of hydrogen-bond donors (Lipinski definition) is 0. The number of hydrogen-bond acceptors (Lipinski definition) is 6. The molecule has 0 aromatic carbocycles. The van der Waals surface area contributed by atoms with E-state index in [0.29, 0.717) is 50.7 Å². The molecule has 3 heterocycles. The van der Waals surface area contributed by atoms with Crippen LogP contribution in [0.3, 0.4) is 0 Å². The summed E-state index contributed by atoms with van der Waals surface area (Å²) in [7, 11) is 0. The predicted molar refractivity (Wildman–Crippen MR) is 88.7 cm³/mol. The number of piperidine rings is 1. The zero-order valence-electron chi connectivity index (χ0n) is 14.8. The average molecular weight is 350 g/mol. The third-order valence-corrected chi connectivity index (χ3v) is 4.74. The van der Waals surface area contributed by atoms with E-state index in [1.165, 1.54) is 6.42 Å². The van der Waals surface area contributed by atoms with Crippen LogP contribution in [0.4, 0.5) is 0 Å². The van der Waals surface area contributed by atoms with Gasteiger partial charge in [-0.3, -0.25) is 9.59 Å². The van der Waals surface area contributed by atoms with Crippen molar-refractivity contribution in [2.75, 3.05) is 32.8 Å². The Labute approximate surface area is 147 Å². The first-order valence-electron chi connectivity index (χ1n) is 9.17. The van der Waals surface area contributed by atoms with Crippen molar-refractivity contribution in [3.63, 3.8) is 0 Å². The molecule has 0 N–H and O–H groups in total. The predicted octanol–water partition coefficient (Wildman–Crippen LogP) is 0.805. The molecule has 1 aromatic rings. The van der Waals surface area contributed by atoms with E-state index in [-0.39, 0.29) is 11.8 Å². The highest BCUT2D eigenvalue weighted by molar-refractivity contribution is 5.83. The van der Waals surface area contributed by atoms with Crippen LogP contribution in [0.25, 0.3) is 0 Å². The normalized spacial score (nSPS) is 21.4. The molecule has 138 valence electrons.